The molecule has 156 valence electrons. The summed E-state index contributed by atoms with van der Waals surface area (Å²) < 4.78 is 6.21. The highest BCUT2D eigenvalue weighted by Gasteiger charge is 2.53. The number of benzene rings is 1. The molecule has 3 aliphatic rings. The standard InChI is InChI=1S/C23H25N3O3S/c1-12(2)14-5-7-15(8-6-14)19-18-20(27)16-10-13(3)4-9-17(16)29-21(18)22(28)26(19)23-25-24-11-30-23/h5-8,11-13,16-17,19H,4,9-10H2,1-3H3. The molecule has 0 spiro atoms. The molecular weight excluding hydrogens is 398 g/mol. The maximum atomic E-state index is 13.7. The Morgan fingerprint density at radius 2 is 1.93 bits per heavy atom. The fraction of sp³-hybridized carbons (Fsp3) is 0.478. The molecule has 0 bridgehead atoms. The van der Waals surface area contributed by atoms with Crippen molar-refractivity contribution in [3.63, 3.8) is 0 Å². The van der Waals surface area contributed by atoms with Gasteiger partial charge < -0.3 is 4.74 Å². The van der Waals surface area contributed by atoms with Crippen molar-refractivity contribution in [2.24, 2.45) is 11.8 Å². The van der Waals surface area contributed by atoms with Gasteiger partial charge in [-0.1, -0.05) is 56.4 Å². The monoisotopic (exact) mass is 423 g/mol. The Balaban J connectivity index is 1.61. The number of nitrogens with zero attached hydrogens (tertiary/aromatic N) is 3. The van der Waals surface area contributed by atoms with Crippen molar-refractivity contribution in [1.29, 1.82) is 0 Å². The molecule has 1 aromatic heterocycles. The molecule has 0 N–H and O–H groups in total. The third-order valence-electron chi connectivity index (χ3n) is 6.58. The quantitative estimate of drug-likeness (QED) is 0.731. The van der Waals surface area contributed by atoms with E-state index in [2.05, 4.69) is 43.1 Å². The van der Waals surface area contributed by atoms with Crippen LogP contribution in [-0.4, -0.2) is 28.0 Å². The van der Waals surface area contributed by atoms with Gasteiger partial charge in [0.15, 0.2) is 11.5 Å². The lowest BCUT2D eigenvalue weighted by Gasteiger charge is -2.37. The van der Waals surface area contributed by atoms with Gasteiger partial charge in [0.05, 0.1) is 17.5 Å². The molecule has 3 heterocycles. The lowest BCUT2D eigenvalue weighted by molar-refractivity contribution is -0.132. The molecule has 30 heavy (non-hydrogen) atoms. The first-order valence-corrected chi connectivity index (χ1v) is 11.5. The van der Waals surface area contributed by atoms with Crippen molar-refractivity contribution in [2.45, 2.75) is 58.1 Å². The van der Waals surface area contributed by atoms with Crippen LogP contribution in [0.5, 0.6) is 0 Å². The second kappa shape index (κ2) is 7.30. The number of fused-ring (bicyclic) bond motifs is 1. The normalized spacial score (nSPS) is 28.6. The van der Waals surface area contributed by atoms with Crippen LogP contribution in [0.4, 0.5) is 5.13 Å². The molecule has 2 aliphatic heterocycles. The molecule has 1 aromatic carbocycles. The maximum Gasteiger partial charge on any atom is 0.296 e. The van der Waals surface area contributed by atoms with E-state index < -0.39 is 6.04 Å². The van der Waals surface area contributed by atoms with Gasteiger partial charge in [0.1, 0.15) is 11.6 Å². The van der Waals surface area contributed by atoms with Crippen molar-refractivity contribution in [3.8, 4) is 0 Å². The fourth-order valence-corrected chi connectivity index (χ4v) is 5.51. The smallest absolute Gasteiger partial charge is 0.296 e. The number of hydrogen-bond donors (Lipinski definition) is 0. The first-order chi connectivity index (χ1) is 14.5. The van der Waals surface area contributed by atoms with E-state index in [1.165, 1.54) is 16.9 Å². The van der Waals surface area contributed by atoms with Crippen LogP contribution >= 0.6 is 11.3 Å². The number of ether oxygens (including phenoxy) is 1. The Hall–Kier alpha value is -2.54. The lowest BCUT2D eigenvalue weighted by Crippen LogP contribution is -2.41. The first kappa shape index (κ1) is 19.4. The molecule has 6 nitrogen and oxygen atoms in total. The van der Waals surface area contributed by atoms with E-state index in [4.69, 9.17) is 4.74 Å². The van der Waals surface area contributed by atoms with Crippen LogP contribution < -0.4 is 4.90 Å². The second-order valence-electron chi connectivity index (χ2n) is 8.91. The summed E-state index contributed by atoms with van der Waals surface area (Å²) in [7, 11) is 0. The molecular formula is C23H25N3O3S. The van der Waals surface area contributed by atoms with Crippen molar-refractivity contribution in [3.05, 3.63) is 52.2 Å². The van der Waals surface area contributed by atoms with E-state index in [1.807, 2.05) is 12.1 Å². The molecule has 2 aromatic rings. The van der Waals surface area contributed by atoms with Crippen LogP contribution in [0.1, 0.15) is 63.1 Å². The Labute approximate surface area is 180 Å². The third kappa shape index (κ3) is 2.98. The molecule has 4 atom stereocenters. The number of hydrogen-bond acceptors (Lipinski definition) is 6. The minimum atomic E-state index is -0.521. The van der Waals surface area contributed by atoms with Gasteiger partial charge in [-0.25, -0.2) is 0 Å². The van der Waals surface area contributed by atoms with Crippen LogP contribution in [0, 0.1) is 11.8 Å². The number of carbonyl (C=O) groups excluding carboxylic acids is 2. The third-order valence-corrected chi connectivity index (χ3v) is 7.27. The fourth-order valence-electron chi connectivity index (χ4n) is 4.93. The number of Topliss-reactive ketones (excluding diaryl/α,β-unsaturated/α-hetero) is 1. The summed E-state index contributed by atoms with van der Waals surface area (Å²) in [5, 5.41) is 8.54. The van der Waals surface area contributed by atoms with Gasteiger partial charge in [0.25, 0.3) is 5.91 Å². The summed E-state index contributed by atoms with van der Waals surface area (Å²) in [6.45, 7) is 6.47. The summed E-state index contributed by atoms with van der Waals surface area (Å²) in [6.07, 6.45) is 2.45. The summed E-state index contributed by atoms with van der Waals surface area (Å²) in [5.41, 5.74) is 4.20. The zero-order chi connectivity index (χ0) is 21.0. The molecule has 7 heteroatoms. The molecule has 5 rings (SSSR count). The maximum absolute atomic E-state index is 13.7. The van der Waals surface area contributed by atoms with Gasteiger partial charge in [0.2, 0.25) is 5.13 Å². The van der Waals surface area contributed by atoms with Crippen molar-refractivity contribution in [2.75, 3.05) is 4.90 Å². The predicted molar refractivity (Wildman–Crippen MR) is 114 cm³/mol. The highest BCUT2D eigenvalue weighted by Crippen LogP contribution is 2.49. The highest BCUT2D eigenvalue weighted by molar-refractivity contribution is 7.13. The summed E-state index contributed by atoms with van der Waals surface area (Å²) in [6, 6.07) is 7.65. The summed E-state index contributed by atoms with van der Waals surface area (Å²) in [5.74, 6) is 0.704. The zero-order valence-electron chi connectivity index (χ0n) is 17.4. The predicted octanol–water partition coefficient (Wildman–Crippen LogP) is 4.41. The molecule has 0 radical (unpaired) electrons. The second-order valence-corrected chi connectivity index (χ2v) is 9.72. The number of carbonyl (C=O) groups is 2. The van der Waals surface area contributed by atoms with Crippen LogP contribution in [0.3, 0.4) is 0 Å². The highest BCUT2D eigenvalue weighted by atomic mass is 32.1. The van der Waals surface area contributed by atoms with Crippen molar-refractivity contribution < 1.29 is 14.3 Å². The van der Waals surface area contributed by atoms with E-state index in [0.29, 0.717) is 22.5 Å². The Kier molecular flexibility index (Phi) is 4.73. The van der Waals surface area contributed by atoms with Gasteiger partial charge >= 0.3 is 0 Å². The van der Waals surface area contributed by atoms with Gasteiger partial charge in [-0.15, -0.1) is 10.2 Å². The van der Waals surface area contributed by atoms with Crippen molar-refractivity contribution >= 4 is 28.2 Å². The average Bonchev–Trinajstić information content (AvgIpc) is 3.35. The summed E-state index contributed by atoms with van der Waals surface area (Å²) in [4.78, 5) is 28.7. The largest absolute Gasteiger partial charge is 0.483 e. The van der Waals surface area contributed by atoms with Gasteiger partial charge in [-0.2, -0.15) is 0 Å². The minimum absolute atomic E-state index is 0.0612. The zero-order valence-corrected chi connectivity index (χ0v) is 18.2. The van der Waals surface area contributed by atoms with E-state index in [-0.39, 0.29) is 29.5 Å². The topological polar surface area (TPSA) is 72.4 Å². The Bertz CT molecular complexity index is 1010. The average molecular weight is 424 g/mol. The Morgan fingerprint density at radius 1 is 1.17 bits per heavy atom. The molecule has 1 amide bonds. The van der Waals surface area contributed by atoms with Crippen LogP contribution in [0.25, 0.3) is 0 Å². The number of aromatic nitrogens is 2. The Morgan fingerprint density at radius 3 is 2.60 bits per heavy atom. The molecule has 1 saturated carbocycles. The van der Waals surface area contributed by atoms with Crippen LogP contribution in [-0.2, 0) is 14.3 Å². The number of rotatable bonds is 3. The summed E-state index contributed by atoms with van der Waals surface area (Å²) >= 11 is 1.29. The molecule has 0 saturated heterocycles. The van der Waals surface area contributed by atoms with Crippen LogP contribution in [0.15, 0.2) is 41.1 Å². The minimum Gasteiger partial charge on any atom is -0.483 e. The lowest BCUT2D eigenvalue weighted by atomic mass is 9.74. The number of anilines is 1. The number of ketones is 1. The van der Waals surface area contributed by atoms with Crippen LogP contribution in [0.2, 0.25) is 0 Å². The molecule has 1 fully saturated rings. The van der Waals surface area contributed by atoms with Gasteiger partial charge in [-0.05, 0) is 42.2 Å². The van der Waals surface area contributed by atoms with E-state index in [0.717, 1.165) is 24.8 Å². The first-order valence-electron chi connectivity index (χ1n) is 10.6. The van der Waals surface area contributed by atoms with E-state index >= 15 is 0 Å². The number of amides is 1. The van der Waals surface area contributed by atoms with E-state index in [1.54, 1.807) is 10.4 Å². The van der Waals surface area contributed by atoms with Gasteiger partial charge in [0, 0.05) is 0 Å². The molecule has 1 aliphatic carbocycles. The van der Waals surface area contributed by atoms with Gasteiger partial charge in [-0.3, -0.25) is 14.5 Å². The van der Waals surface area contributed by atoms with Crippen molar-refractivity contribution in [1.82, 2.24) is 10.2 Å². The van der Waals surface area contributed by atoms with E-state index in [9.17, 15) is 9.59 Å². The molecule has 4 unspecified atom stereocenters. The SMILES string of the molecule is CC1CCC2OC3=C(C(=O)C2C1)C(c1ccc(C(C)C)cc1)N(c1nncs1)C3=O.